The number of rotatable bonds is 3. The maximum absolute atomic E-state index is 12.9. The van der Waals surface area contributed by atoms with Crippen LogP contribution in [0.25, 0.3) is 6.08 Å². The number of benzene rings is 2. The first kappa shape index (κ1) is 17.8. The number of para-hydroxylation sites is 2. The van der Waals surface area contributed by atoms with Crippen molar-refractivity contribution in [3.63, 3.8) is 0 Å². The van der Waals surface area contributed by atoms with Gasteiger partial charge in [0, 0.05) is 17.2 Å². The van der Waals surface area contributed by atoms with Gasteiger partial charge in [0.2, 0.25) is 0 Å². The average molecular weight is 369 g/mol. The summed E-state index contributed by atoms with van der Waals surface area (Å²) in [6.45, 7) is 1.52. The van der Waals surface area contributed by atoms with Gasteiger partial charge in [0.25, 0.3) is 0 Å². The smallest absolute Gasteiger partial charge is 0.176 e. The fraction of sp³-hybridized carbons (Fsp3) is 0.261. The highest BCUT2D eigenvalue weighted by Crippen LogP contribution is 2.56. The van der Waals surface area contributed by atoms with Gasteiger partial charge in [-0.3, -0.25) is 4.79 Å². The third-order valence-electron chi connectivity index (χ3n) is 5.81. The van der Waals surface area contributed by atoms with Crippen LogP contribution in [0.4, 0.5) is 5.69 Å². The summed E-state index contributed by atoms with van der Waals surface area (Å²) >= 11 is 0. The zero-order valence-electron chi connectivity index (χ0n) is 15.7. The fourth-order valence-corrected chi connectivity index (χ4v) is 4.65. The summed E-state index contributed by atoms with van der Waals surface area (Å²) in [6, 6.07) is 18.5. The molecule has 2 aromatic rings. The van der Waals surface area contributed by atoms with Gasteiger partial charge in [-0.05, 0) is 24.6 Å². The first-order chi connectivity index (χ1) is 13.6. The normalized spacial score (nSPS) is 23.9. The van der Waals surface area contributed by atoms with Crippen molar-refractivity contribution < 1.29 is 9.53 Å². The molecule has 0 amide bonds. The van der Waals surface area contributed by atoms with Crippen molar-refractivity contribution in [1.82, 2.24) is 0 Å². The van der Waals surface area contributed by atoms with Crippen LogP contribution in [-0.2, 0) is 4.79 Å². The van der Waals surface area contributed by atoms with Crippen LogP contribution in [0.1, 0.15) is 24.0 Å². The van der Waals surface area contributed by atoms with Gasteiger partial charge in [0.05, 0.1) is 31.3 Å². The summed E-state index contributed by atoms with van der Waals surface area (Å²) in [5, 5.41) is 20.4. The zero-order chi connectivity index (χ0) is 19.9. The topological polar surface area (TPSA) is 77.1 Å². The second-order valence-electron chi connectivity index (χ2n) is 7.14. The van der Waals surface area contributed by atoms with Crippen LogP contribution < -0.4 is 9.64 Å². The molecule has 2 heterocycles. The lowest BCUT2D eigenvalue weighted by molar-refractivity contribution is -0.118. The monoisotopic (exact) mass is 369 g/mol. The van der Waals surface area contributed by atoms with Crippen molar-refractivity contribution in [1.29, 1.82) is 10.5 Å². The molecule has 2 aliphatic rings. The minimum absolute atomic E-state index is 0.0848. The molecule has 0 aliphatic carbocycles. The summed E-state index contributed by atoms with van der Waals surface area (Å²) in [7, 11) is 1.56. The van der Waals surface area contributed by atoms with Crippen LogP contribution >= 0.6 is 0 Å². The lowest BCUT2D eigenvalue weighted by Gasteiger charge is -2.35. The molecule has 0 unspecified atom stereocenters. The Morgan fingerprint density at radius 2 is 1.79 bits per heavy atom. The highest BCUT2D eigenvalue weighted by Gasteiger charge is 2.63. The molecule has 2 aliphatic heterocycles. The number of ether oxygens (including phenoxy) is 1. The van der Waals surface area contributed by atoms with E-state index in [9.17, 15) is 15.3 Å². The molecular formula is C23H19N3O2. The van der Waals surface area contributed by atoms with E-state index in [1.54, 1.807) is 13.2 Å². The average Bonchev–Trinajstić information content (AvgIpc) is 3.04. The summed E-state index contributed by atoms with van der Waals surface area (Å²) in [4.78, 5) is 14.8. The second-order valence-corrected chi connectivity index (χ2v) is 7.14. The third-order valence-corrected chi connectivity index (χ3v) is 5.81. The summed E-state index contributed by atoms with van der Waals surface area (Å²) < 4.78 is 5.52. The van der Waals surface area contributed by atoms with Gasteiger partial charge in [0.15, 0.2) is 11.2 Å². The van der Waals surface area contributed by atoms with E-state index in [1.165, 1.54) is 6.92 Å². The van der Waals surface area contributed by atoms with Crippen molar-refractivity contribution in [2.24, 2.45) is 5.41 Å². The van der Waals surface area contributed by atoms with Crippen molar-refractivity contribution in [2.75, 3.05) is 12.0 Å². The van der Waals surface area contributed by atoms with Gasteiger partial charge >= 0.3 is 0 Å². The van der Waals surface area contributed by atoms with E-state index in [1.807, 2.05) is 59.5 Å². The van der Waals surface area contributed by atoms with Crippen molar-refractivity contribution in [3.8, 4) is 17.9 Å². The van der Waals surface area contributed by atoms with Crippen molar-refractivity contribution >= 4 is 17.5 Å². The van der Waals surface area contributed by atoms with Gasteiger partial charge in [0.1, 0.15) is 5.75 Å². The Bertz CT molecular complexity index is 1050. The Labute approximate surface area is 164 Å². The van der Waals surface area contributed by atoms with E-state index in [4.69, 9.17) is 4.74 Å². The molecule has 0 spiro atoms. The quantitative estimate of drug-likeness (QED) is 0.825. The highest BCUT2D eigenvalue weighted by atomic mass is 16.5. The summed E-state index contributed by atoms with van der Waals surface area (Å²) in [5.74, 6) is -0.152. The van der Waals surface area contributed by atoms with Crippen LogP contribution in [0, 0.1) is 28.1 Å². The Hall–Kier alpha value is -3.57. The van der Waals surface area contributed by atoms with E-state index in [-0.39, 0.29) is 5.78 Å². The number of methoxy groups -OCH3 is 1. The number of hydrogen-bond acceptors (Lipinski definition) is 5. The predicted molar refractivity (Wildman–Crippen MR) is 106 cm³/mol. The molecule has 0 N–H and O–H groups in total. The number of anilines is 1. The number of nitriles is 2. The molecule has 5 nitrogen and oxygen atoms in total. The fourth-order valence-electron chi connectivity index (χ4n) is 4.65. The minimum atomic E-state index is -1.42. The molecule has 0 radical (unpaired) electrons. The van der Waals surface area contributed by atoms with Gasteiger partial charge in [-0.1, -0.05) is 48.6 Å². The Morgan fingerprint density at radius 3 is 2.46 bits per heavy atom. The Morgan fingerprint density at radius 1 is 1.11 bits per heavy atom. The van der Waals surface area contributed by atoms with Crippen LogP contribution in [0.15, 0.2) is 54.6 Å². The Balaban J connectivity index is 2.03. The van der Waals surface area contributed by atoms with E-state index in [0.717, 1.165) is 11.3 Å². The number of carbonyl (C=O) groups excluding carboxylic acids is 1. The van der Waals surface area contributed by atoms with Gasteiger partial charge in [-0.15, -0.1) is 0 Å². The lowest BCUT2D eigenvalue weighted by Crippen LogP contribution is -2.43. The number of carbonyl (C=O) groups is 1. The largest absolute Gasteiger partial charge is 0.496 e. The van der Waals surface area contributed by atoms with E-state index >= 15 is 0 Å². The first-order valence-electron chi connectivity index (χ1n) is 9.10. The number of fused-ring (bicyclic) bond motifs is 3. The number of Topliss-reactive ketones (excluding diaryl/α,β-unsaturated/α-hetero) is 1. The van der Waals surface area contributed by atoms with Crippen LogP contribution in [-0.4, -0.2) is 25.0 Å². The number of hydrogen-bond donors (Lipinski definition) is 0. The molecule has 0 saturated carbocycles. The highest BCUT2D eigenvalue weighted by molar-refractivity contribution is 5.91. The molecule has 2 aromatic carbocycles. The summed E-state index contributed by atoms with van der Waals surface area (Å²) in [5.41, 5.74) is 1.11. The first-order valence-corrected chi connectivity index (χ1v) is 9.10. The summed E-state index contributed by atoms with van der Waals surface area (Å²) in [6.07, 6.45) is 3.81. The third kappa shape index (κ3) is 2.27. The standard InChI is InChI=1S/C23H19N3O2/c1-15(27)22-21(17-8-4-6-10-19(17)28-2)23(13-24,14-25)20-12-11-16-7-3-5-9-18(16)26(20)22/h3-12,20-22H,1-2H3/t20-,21+,22-/m0/s1. The van der Waals surface area contributed by atoms with E-state index in [0.29, 0.717) is 11.3 Å². The SMILES string of the molecule is COc1ccccc1[C@@H]1[C@H](C(C)=O)N2c3ccccc3C=C[C@H]2C1(C#N)C#N. The molecule has 138 valence electrons. The molecule has 5 heteroatoms. The van der Waals surface area contributed by atoms with E-state index in [2.05, 4.69) is 12.1 Å². The van der Waals surface area contributed by atoms with Gasteiger partial charge in [-0.25, -0.2) is 0 Å². The van der Waals surface area contributed by atoms with Crippen molar-refractivity contribution in [2.45, 2.75) is 24.9 Å². The molecule has 1 fully saturated rings. The molecule has 28 heavy (non-hydrogen) atoms. The number of nitrogens with zero attached hydrogens (tertiary/aromatic N) is 3. The zero-order valence-corrected chi connectivity index (χ0v) is 15.7. The molecule has 0 aromatic heterocycles. The molecule has 4 rings (SSSR count). The molecule has 1 saturated heterocycles. The van der Waals surface area contributed by atoms with Crippen LogP contribution in [0.3, 0.4) is 0 Å². The maximum Gasteiger partial charge on any atom is 0.176 e. The second kappa shape index (κ2) is 6.55. The van der Waals surface area contributed by atoms with E-state index < -0.39 is 23.4 Å². The minimum Gasteiger partial charge on any atom is -0.496 e. The molecule has 0 bridgehead atoms. The van der Waals surface area contributed by atoms with Crippen LogP contribution in [0.2, 0.25) is 0 Å². The lowest BCUT2D eigenvalue weighted by atomic mass is 9.69. The predicted octanol–water partition coefficient (Wildman–Crippen LogP) is 3.69. The Kier molecular flexibility index (Phi) is 4.17. The van der Waals surface area contributed by atoms with Crippen molar-refractivity contribution in [3.05, 3.63) is 65.7 Å². The van der Waals surface area contributed by atoms with Crippen LogP contribution in [0.5, 0.6) is 5.75 Å². The maximum atomic E-state index is 12.9. The number of ketones is 1. The molecule has 3 atom stereocenters. The van der Waals surface area contributed by atoms with Gasteiger partial charge < -0.3 is 9.64 Å². The molecular weight excluding hydrogens is 350 g/mol. The van der Waals surface area contributed by atoms with Gasteiger partial charge in [-0.2, -0.15) is 10.5 Å².